The molecule has 3 aromatic rings. The van der Waals surface area contributed by atoms with E-state index in [0.717, 1.165) is 40.6 Å². The number of sulfonamides is 1. The molecule has 2 aromatic carbocycles. The van der Waals surface area contributed by atoms with Gasteiger partial charge in [0, 0.05) is 62.7 Å². The van der Waals surface area contributed by atoms with Crippen molar-refractivity contribution >= 4 is 54.2 Å². The minimum absolute atomic E-state index is 0.00609. The smallest absolute Gasteiger partial charge is 0.260 e. The molecule has 1 saturated heterocycles. The van der Waals surface area contributed by atoms with E-state index in [0.29, 0.717) is 35.5 Å². The second-order valence-corrected chi connectivity index (χ2v) is 12.5. The number of hydrogen-bond donors (Lipinski definition) is 0. The first-order valence-electron chi connectivity index (χ1n) is 12.9. The van der Waals surface area contributed by atoms with Crippen LogP contribution in [-0.4, -0.2) is 81.0 Å². The zero-order valence-corrected chi connectivity index (χ0v) is 24.2. The summed E-state index contributed by atoms with van der Waals surface area (Å²) in [7, 11) is -3.94. The van der Waals surface area contributed by atoms with E-state index in [1.54, 1.807) is 11.0 Å². The fraction of sp³-hybridized carbons (Fsp3) is 0.407. The van der Waals surface area contributed by atoms with Crippen LogP contribution in [0.3, 0.4) is 0 Å². The van der Waals surface area contributed by atoms with Gasteiger partial charge in [0.1, 0.15) is 0 Å². The largest absolute Gasteiger partial charge is 0.379 e. The number of nitrogens with zero attached hydrogens (tertiary/aromatic N) is 6. The van der Waals surface area contributed by atoms with E-state index in [1.165, 1.54) is 35.6 Å². The summed E-state index contributed by atoms with van der Waals surface area (Å²) in [6.45, 7) is 4.30. The molecule has 0 N–H and O–H groups in total. The summed E-state index contributed by atoms with van der Waals surface area (Å²) in [4.78, 5) is 22.4. The summed E-state index contributed by atoms with van der Waals surface area (Å²) >= 11 is 7.54. The molecule has 1 amide bonds. The Morgan fingerprint density at radius 1 is 1.05 bits per heavy atom. The third-order valence-corrected chi connectivity index (χ3v) is 9.65. The van der Waals surface area contributed by atoms with Crippen molar-refractivity contribution in [3.63, 3.8) is 0 Å². The van der Waals surface area contributed by atoms with Crippen LogP contribution in [0.2, 0.25) is 5.02 Å². The van der Waals surface area contributed by atoms with Crippen molar-refractivity contribution < 1.29 is 17.9 Å². The van der Waals surface area contributed by atoms with Crippen molar-refractivity contribution in [2.24, 2.45) is 0 Å². The van der Waals surface area contributed by atoms with Crippen LogP contribution < -0.4 is 4.90 Å². The first kappa shape index (κ1) is 29.9. The predicted octanol–water partition coefficient (Wildman–Crippen LogP) is 4.14. The van der Waals surface area contributed by atoms with Gasteiger partial charge in [-0.2, -0.15) is 14.8 Å². The van der Waals surface area contributed by atoms with Crippen molar-refractivity contribution in [3.05, 3.63) is 53.1 Å². The Labute approximate surface area is 243 Å². The summed E-state index contributed by atoms with van der Waals surface area (Å²) in [5.41, 5.74) is 1.06. The highest BCUT2D eigenvalue weighted by Crippen LogP contribution is 2.32. The summed E-state index contributed by atoms with van der Waals surface area (Å²) in [6, 6.07) is 15.0. The standard InChI is InChI=1S/C27H29ClN6O4S2/c28-22-6-9-24-25(20-22)39-27(31-24)34(15-3-12-32-16-18-38-19-17-32)26(35)21-4-7-23(8-5-21)40(36,37)33(13-1-10-29)14-2-11-30/h4-9,20H,1-3,12-19H2. The SMILES string of the molecule is N#CCCN(CCC#N)S(=O)(=O)c1ccc(C(=O)N(CCCN2CCOCC2)c2nc3ccc(Cl)cc3s2)cc1. The number of ether oxygens (including phenoxy) is 1. The molecule has 1 aliphatic heterocycles. The normalized spacial score (nSPS) is 14.2. The quantitative estimate of drug-likeness (QED) is 0.303. The number of fused-ring (bicyclic) bond motifs is 1. The maximum atomic E-state index is 13.7. The number of carbonyl (C=O) groups is 1. The molecule has 0 spiro atoms. The van der Waals surface area contributed by atoms with Gasteiger partial charge in [-0.1, -0.05) is 22.9 Å². The lowest BCUT2D eigenvalue weighted by Crippen LogP contribution is -2.39. The highest BCUT2D eigenvalue weighted by molar-refractivity contribution is 7.89. The molecule has 0 aliphatic carbocycles. The van der Waals surface area contributed by atoms with Gasteiger partial charge in [0.2, 0.25) is 10.0 Å². The molecule has 0 bridgehead atoms. The Kier molecular flexibility index (Phi) is 10.5. The average Bonchev–Trinajstić information content (AvgIpc) is 3.38. The Hall–Kier alpha value is -3.10. The van der Waals surface area contributed by atoms with Crippen LogP contribution in [0.4, 0.5) is 5.13 Å². The Bertz CT molecular complexity index is 1490. The molecule has 0 radical (unpaired) electrons. The van der Waals surface area contributed by atoms with Crippen LogP contribution in [0.15, 0.2) is 47.4 Å². The lowest BCUT2D eigenvalue weighted by Gasteiger charge is -2.27. The van der Waals surface area contributed by atoms with Gasteiger partial charge in [-0.15, -0.1) is 0 Å². The Balaban J connectivity index is 1.57. The second-order valence-electron chi connectivity index (χ2n) is 9.12. The third kappa shape index (κ3) is 7.34. The van der Waals surface area contributed by atoms with Gasteiger partial charge in [0.15, 0.2) is 5.13 Å². The molecule has 0 atom stereocenters. The molecule has 40 heavy (non-hydrogen) atoms. The second kappa shape index (κ2) is 14.0. The van der Waals surface area contributed by atoms with Crippen molar-refractivity contribution in [1.29, 1.82) is 10.5 Å². The fourth-order valence-electron chi connectivity index (χ4n) is 4.34. The lowest BCUT2D eigenvalue weighted by molar-refractivity contribution is 0.0376. The van der Waals surface area contributed by atoms with E-state index in [1.807, 2.05) is 24.3 Å². The van der Waals surface area contributed by atoms with E-state index < -0.39 is 10.0 Å². The number of carbonyl (C=O) groups excluding carboxylic acids is 1. The topological polar surface area (TPSA) is 131 Å². The monoisotopic (exact) mass is 600 g/mol. The Morgan fingerprint density at radius 2 is 1.73 bits per heavy atom. The number of hydrogen-bond acceptors (Lipinski definition) is 9. The molecular weight excluding hydrogens is 572 g/mol. The van der Waals surface area contributed by atoms with Crippen molar-refractivity contribution in [3.8, 4) is 12.1 Å². The van der Waals surface area contributed by atoms with Gasteiger partial charge in [0.25, 0.3) is 5.91 Å². The molecule has 210 valence electrons. The number of benzene rings is 2. The summed E-state index contributed by atoms with van der Waals surface area (Å²) in [5, 5.41) is 19.0. The van der Waals surface area contributed by atoms with Gasteiger partial charge in [-0.05, 0) is 48.9 Å². The van der Waals surface area contributed by atoms with E-state index in [2.05, 4.69) is 9.88 Å². The van der Waals surface area contributed by atoms with Gasteiger partial charge >= 0.3 is 0 Å². The van der Waals surface area contributed by atoms with Crippen LogP contribution >= 0.6 is 22.9 Å². The summed E-state index contributed by atoms with van der Waals surface area (Å²) in [6.07, 6.45) is 0.740. The molecule has 0 unspecified atom stereocenters. The molecule has 1 aromatic heterocycles. The number of anilines is 1. The van der Waals surface area contributed by atoms with Gasteiger partial charge in [-0.3, -0.25) is 14.6 Å². The van der Waals surface area contributed by atoms with Crippen molar-refractivity contribution in [2.45, 2.75) is 24.2 Å². The highest BCUT2D eigenvalue weighted by Gasteiger charge is 2.26. The van der Waals surface area contributed by atoms with Crippen LogP contribution in [0.1, 0.15) is 29.6 Å². The number of nitriles is 2. The zero-order chi connectivity index (χ0) is 28.5. The van der Waals surface area contributed by atoms with E-state index in [9.17, 15) is 13.2 Å². The minimum atomic E-state index is -3.94. The van der Waals surface area contributed by atoms with E-state index in [-0.39, 0.29) is 36.7 Å². The van der Waals surface area contributed by atoms with Crippen molar-refractivity contribution in [2.75, 3.05) is 57.4 Å². The number of rotatable bonds is 12. The van der Waals surface area contributed by atoms with E-state index in [4.69, 9.17) is 26.9 Å². The first-order valence-corrected chi connectivity index (χ1v) is 15.5. The summed E-state index contributed by atoms with van der Waals surface area (Å²) in [5.74, 6) is -0.290. The molecular formula is C27H29ClN6O4S2. The lowest BCUT2D eigenvalue weighted by atomic mass is 10.2. The Morgan fingerprint density at radius 3 is 2.38 bits per heavy atom. The third-order valence-electron chi connectivity index (χ3n) is 6.46. The van der Waals surface area contributed by atoms with Crippen LogP contribution in [0.5, 0.6) is 0 Å². The fourth-order valence-corrected chi connectivity index (χ4v) is 7.05. The summed E-state index contributed by atoms with van der Waals surface area (Å²) < 4.78 is 33.8. The number of halogens is 1. The maximum Gasteiger partial charge on any atom is 0.260 e. The van der Waals surface area contributed by atoms with Gasteiger partial charge in [0.05, 0.1) is 40.5 Å². The predicted molar refractivity (Wildman–Crippen MR) is 154 cm³/mol. The zero-order valence-electron chi connectivity index (χ0n) is 21.8. The van der Waals surface area contributed by atoms with Crippen LogP contribution in [-0.2, 0) is 14.8 Å². The van der Waals surface area contributed by atoms with Gasteiger partial charge < -0.3 is 4.74 Å². The van der Waals surface area contributed by atoms with Gasteiger partial charge in [-0.25, -0.2) is 13.4 Å². The molecule has 4 rings (SSSR count). The van der Waals surface area contributed by atoms with Crippen LogP contribution in [0, 0.1) is 22.7 Å². The molecule has 10 nitrogen and oxygen atoms in total. The number of aromatic nitrogens is 1. The highest BCUT2D eigenvalue weighted by atomic mass is 35.5. The average molecular weight is 601 g/mol. The molecule has 13 heteroatoms. The van der Waals surface area contributed by atoms with Crippen LogP contribution in [0.25, 0.3) is 10.2 Å². The molecule has 1 aliphatic rings. The van der Waals surface area contributed by atoms with E-state index >= 15 is 0 Å². The number of amides is 1. The minimum Gasteiger partial charge on any atom is -0.379 e. The number of morpholine rings is 1. The number of thiazole rings is 1. The van der Waals surface area contributed by atoms with Crippen molar-refractivity contribution in [1.82, 2.24) is 14.2 Å². The molecule has 2 heterocycles. The molecule has 0 saturated carbocycles. The molecule has 1 fully saturated rings. The maximum absolute atomic E-state index is 13.7. The first-order chi connectivity index (χ1) is 19.3.